The number of hydrogen-bond donors (Lipinski definition) is 0. The van der Waals surface area contributed by atoms with Crippen LogP contribution < -0.4 is 0 Å². The number of nitrogens with zero attached hydrogens (tertiary/aromatic N) is 5. The van der Waals surface area contributed by atoms with Crippen molar-refractivity contribution in [2.24, 2.45) is 0 Å². The molecular formula is C27H21B4N5S. The Labute approximate surface area is 221 Å². The minimum absolute atomic E-state index is 0.0397. The van der Waals surface area contributed by atoms with Crippen LogP contribution in [-0.2, 0) is 0 Å². The molecule has 0 N–H and O–H groups in total. The monoisotopic (exact) mass is 491 g/mol. The Bertz CT molecular complexity index is 1640. The molecule has 5 aliphatic rings. The number of thiophene rings is 1. The van der Waals surface area contributed by atoms with Gasteiger partial charge in [0.2, 0.25) is 0 Å². The Kier molecular flexibility index (Phi) is 4.70. The molecule has 0 amide bonds. The molecule has 0 spiro atoms. The molecule has 0 radical (unpaired) electrons. The molecule has 0 unspecified atom stereocenters. The van der Waals surface area contributed by atoms with E-state index in [1.807, 2.05) is 12.3 Å². The second kappa shape index (κ2) is 8.25. The van der Waals surface area contributed by atoms with E-state index in [-0.39, 0.29) is 27.9 Å². The molecule has 172 valence electrons. The summed E-state index contributed by atoms with van der Waals surface area (Å²) in [4.78, 5) is 5.73. The molecule has 0 bridgehead atoms. The maximum atomic E-state index is 4.64. The predicted octanol–water partition coefficient (Wildman–Crippen LogP) is 4.94. The number of pyridine rings is 1. The molecule has 1 saturated heterocycles. The van der Waals surface area contributed by atoms with E-state index in [0.29, 0.717) is 0 Å². The first-order valence-corrected chi connectivity index (χ1v) is 13.5. The van der Waals surface area contributed by atoms with Gasteiger partial charge in [-0.25, -0.2) is 4.98 Å². The largest absolute Gasteiger partial charge is 0.423 e. The molecule has 0 saturated carbocycles. The van der Waals surface area contributed by atoms with Gasteiger partial charge in [-0.1, -0.05) is 60.3 Å². The highest BCUT2D eigenvalue weighted by Crippen LogP contribution is 2.39. The fraction of sp³-hybridized carbons (Fsp3) is 0. The molecule has 3 aromatic rings. The summed E-state index contributed by atoms with van der Waals surface area (Å²) in [6, 6.07) is 10.8. The molecule has 5 aliphatic heterocycles. The van der Waals surface area contributed by atoms with E-state index in [4.69, 9.17) is 0 Å². The van der Waals surface area contributed by atoms with Crippen LogP contribution in [0.1, 0.15) is 5.56 Å². The summed E-state index contributed by atoms with van der Waals surface area (Å²) in [6.07, 6.45) is 26.0. The van der Waals surface area contributed by atoms with Crippen molar-refractivity contribution in [3.63, 3.8) is 0 Å². The summed E-state index contributed by atoms with van der Waals surface area (Å²) in [6.45, 7) is 0.354. The van der Waals surface area contributed by atoms with Crippen LogP contribution in [0.15, 0.2) is 128 Å². The lowest BCUT2D eigenvalue weighted by Gasteiger charge is -2.53. The molecule has 0 aliphatic carbocycles. The Morgan fingerprint density at radius 2 is 1.24 bits per heavy atom. The van der Waals surface area contributed by atoms with Crippen molar-refractivity contribution in [2.45, 2.75) is 0 Å². The summed E-state index contributed by atoms with van der Waals surface area (Å²) >= 11 is 1.78. The second-order valence-electron chi connectivity index (χ2n) is 9.70. The van der Waals surface area contributed by atoms with Crippen molar-refractivity contribution >= 4 is 65.1 Å². The van der Waals surface area contributed by atoms with Gasteiger partial charge in [0.05, 0.1) is 0 Å². The first-order valence-electron chi connectivity index (χ1n) is 12.7. The fourth-order valence-electron chi connectivity index (χ4n) is 6.08. The summed E-state index contributed by atoms with van der Waals surface area (Å²) < 4.78 is 11.1. The van der Waals surface area contributed by atoms with Crippen molar-refractivity contribution in [2.75, 3.05) is 0 Å². The molecule has 5 nitrogen and oxygen atoms in total. The van der Waals surface area contributed by atoms with Gasteiger partial charge in [-0.3, -0.25) is 0 Å². The number of rotatable bonds is 1. The number of hydrogen-bond acceptors (Lipinski definition) is 6. The minimum Gasteiger partial charge on any atom is -0.423 e. The normalized spacial score (nSPS) is 19.4. The van der Waals surface area contributed by atoms with Crippen molar-refractivity contribution in [3.05, 3.63) is 133 Å². The van der Waals surface area contributed by atoms with Gasteiger partial charge < -0.3 is 18.9 Å². The zero-order valence-electron chi connectivity index (χ0n) is 20.1. The second-order valence-corrected chi connectivity index (χ2v) is 10.7. The first kappa shape index (κ1) is 21.1. The molecular weight excluding hydrogens is 470 g/mol. The predicted molar refractivity (Wildman–Crippen MR) is 159 cm³/mol. The van der Waals surface area contributed by atoms with Gasteiger partial charge >= 0.3 is 27.9 Å². The minimum atomic E-state index is 0.0397. The molecule has 37 heavy (non-hydrogen) atoms. The lowest BCUT2D eigenvalue weighted by Crippen LogP contribution is -2.73. The fourth-order valence-corrected chi connectivity index (χ4v) is 7.25. The average Bonchev–Trinajstić information content (AvgIpc) is 3.35. The average molecular weight is 491 g/mol. The SMILES string of the molecule is C1=CB2N(C=C1)B1C=CC=CN1B1C=C(c3cccc4c3sc3ncccc34)C=CN1B1C=CC=CN21. The topological polar surface area (TPSA) is 25.9 Å². The van der Waals surface area contributed by atoms with E-state index >= 15 is 0 Å². The van der Waals surface area contributed by atoms with E-state index in [2.05, 4.69) is 139 Å². The van der Waals surface area contributed by atoms with Crippen LogP contribution in [0.25, 0.3) is 25.9 Å². The van der Waals surface area contributed by atoms with E-state index in [0.717, 1.165) is 4.83 Å². The van der Waals surface area contributed by atoms with Gasteiger partial charge in [0.1, 0.15) is 4.83 Å². The zero-order chi connectivity index (χ0) is 24.3. The van der Waals surface area contributed by atoms with Crippen LogP contribution in [0.4, 0.5) is 0 Å². The highest BCUT2D eigenvalue weighted by Gasteiger charge is 2.49. The van der Waals surface area contributed by atoms with E-state index in [9.17, 15) is 0 Å². The summed E-state index contributed by atoms with van der Waals surface area (Å²) in [5.41, 5.74) is 2.51. The maximum absolute atomic E-state index is 4.64. The highest BCUT2D eigenvalue weighted by molar-refractivity contribution is 7.25. The standard InChI is InChI=1S/C27H21B4N5S/c1-4-17-33-28(13-1)34-18-5-2-15-30(34)36-20-12-22(21-31(36)35-19-6-3-14-29(33)35)23-9-7-10-24-25-11-8-16-32-27(25)37-26(23)24/h1-21H. The van der Waals surface area contributed by atoms with Crippen LogP contribution in [-0.4, -0.2) is 51.8 Å². The maximum Gasteiger partial charge on any atom is 0.381 e. The summed E-state index contributed by atoms with van der Waals surface area (Å²) in [5.74, 6) is 9.30. The molecule has 1 fully saturated rings. The molecule has 0 atom stereocenters. The molecule has 8 rings (SSSR count). The third-order valence-corrected chi connectivity index (χ3v) is 8.90. The van der Waals surface area contributed by atoms with E-state index in [1.165, 1.54) is 26.6 Å². The molecule has 1 aromatic carbocycles. The first-order chi connectivity index (χ1) is 18.4. The smallest absolute Gasteiger partial charge is 0.381 e. The van der Waals surface area contributed by atoms with Crippen LogP contribution in [0.5, 0.6) is 0 Å². The Morgan fingerprint density at radius 3 is 1.95 bits per heavy atom. The number of allylic oxidation sites excluding steroid dienone is 8. The van der Waals surface area contributed by atoms with Crippen molar-refractivity contribution in [1.29, 1.82) is 0 Å². The van der Waals surface area contributed by atoms with Crippen molar-refractivity contribution in [3.8, 4) is 0 Å². The number of fused-ring (bicyclic) bond motifs is 11. The Hall–Kier alpha value is -4.03. The molecule has 10 heteroatoms. The van der Waals surface area contributed by atoms with E-state index in [1.54, 1.807) is 11.3 Å². The van der Waals surface area contributed by atoms with Gasteiger partial charge in [-0.05, 0) is 72.4 Å². The zero-order valence-corrected chi connectivity index (χ0v) is 20.9. The van der Waals surface area contributed by atoms with E-state index < -0.39 is 0 Å². The number of benzene rings is 1. The van der Waals surface area contributed by atoms with Crippen LogP contribution >= 0.6 is 11.3 Å². The number of aromatic nitrogens is 1. The van der Waals surface area contributed by atoms with Gasteiger partial charge in [0, 0.05) is 21.7 Å². The Morgan fingerprint density at radius 1 is 0.622 bits per heavy atom. The summed E-state index contributed by atoms with van der Waals surface area (Å²) in [5, 5.41) is 2.51. The summed E-state index contributed by atoms with van der Waals surface area (Å²) in [7, 11) is 0. The molecule has 2 aromatic heterocycles. The third-order valence-electron chi connectivity index (χ3n) is 7.74. The quantitative estimate of drug-likeness (QED) is 0.450. The van der Waals surface area contributed by atoms with Crippen molar-refractivity contribution < 1.29 is 0 Å². The van der Waals surface area contributed by atoms with Gasteiger partial charge in [-0.2, -0.15) is 0 Å². The highest BCUT2D eigenvalue weighted by atomic mass is 32.1. The lowest BCUT2D eigenvalue weighted by molar-refractivity contribution is 0.622. The lowest BCUT2D eigenvalue weighted by atomic mass is 9.41. The van der Waals surface area contributed by atoms with Gasteiger partial charge in [0.25, 0.3) is 0 Å². The molecule has 7 heterocycles. The Balaban J connectivity index is 1.29. The van der Waals surface area contributed by atoms with Gasteiger partial charge in [-0.15, -0.1) is 11.3 Å². The van der Waals surface area contributed by atoms with Crippen LogP contribution in [0.3, 0.4) is 0 Å². The third kappa shape index (κ3) is 3.18. The van der Waals surface area contributed by atoms with Crippen LogP contribution in [0.2, 0.25) is 0 Å². The van der Waals surface area contributed by atoms with Crippen LogP contribution in [0, 0.1) is 0 Å². The van der Waals surface area contributed by atoms with Crippen molar-refractivity contribution in [1.82, 2.24) is 23.9 Å². The van der Waals surface area contributed by atoms with Gasteiger partial charge in [0.15, 0.2) is 0 Å².